The first-order valence-corrected chi connectivity index (χ1v) is 10.0. The maximum atomic E-state index is 12.0. The number of fused-ring (bicyclic) bond motifs is 1. The summed E-state index contributed by atoms with van der Waals surface area (Å²) in [6.45, 7) is 4.80. The number of anilines is 1. The Kier molecular flexibility index (Phi) is 6.81. The van der Waals surface area contributed by atoms with Gasteiger partial charge in [-0.2, -0.15) is 0 Å². The molecule has 2 aromatic carbocycles. The Balaban J connectivity index is 1.38. The third-order valence-electron chi connectivity index (χ3n) is 4.24. The van der Waals surface area contributed by atoms with Crippen molar-refractivity contribution in [2.45, 2.75) is 25.2 Å². The fourth-order valence-electron chi connectivity index (χ4n) is 2.59. The molecule has 0 aromatic heterocycles. The van der Waals surface area contributed by atoms with E-state index < -0.39 is 11.9 Å². The van der Waals surface area contributed by atoms with Gasteiger partial charge in [0.2, 0.25) is 0 Å². The molecule has 7 heteroatoms. The number of amides is 1. The van der Waals surface area contributed by atoms with E-state index in [1.54, 1.807) is 30.0 Å². The third-order valence-corrected chi connectivity index (χ3v) is 5.24. The van der Waals surface area contributed by atoms with Crippen molar-refractivity contribution < 1.29 is 23.8 Å². The van der Waals surface area contributed by atoms with E-state index in [1.165, 1.54) is 11.1 Å². The maximum absolute atomic E-state index is 12.0. The monoisotopic (exact) mass is 401 g/mol. The molecule has 0 radical (unpaired) electrons. The SMILES string of the molecule is Cc1ccc(SCCC(=O)OCC(=O)Nc2ccc3c(c2)OCCO3)cc1C. The van der Waals surface area contributed by atoms with Crippen LogP contribution in [0.3, 0.4) is 0 Å². The summed E-state index contributed by atoms with van der Waals surface area (Å²) in [7, 11) is 0. The predicted octanol–water partition coefficient (Wildman–Crippen LogP) is 3.74. The number of hydrogen-bond acceptors (Lipinski definition) is 6. The second-order valence-electron chi connectivity index (χ2n) is 6.41. The van der Waals surface area contributed by atoms with Crippen LogP contribution in [0.25, 0.3) is 0 Å². The fraction of sp³-hybridized carbons (Fsp3) is 0.333. The molecule has 0 saturated heterocycles. The van der Waals surface area contributed by atoms with E-state index in [-0.39, 0.29) is 13.0 Å². The number of carbonyl (C=O) groups is 2. The molecule has 1 heterocycles. The molecule has 6 nitrogen and oxygen atoms in total. The number of benzene rings is 2. The summed E-state index contributed by atoms with van der Waals surface area (Å²) < 4.78 is 16.0. The summed E-state index contributed by atoms with van der Waals surface area (Å²) >= 11 is 1.59. The Hall–Kier alpha value is -2.67. The highest BCUT2D eigenvalue weighted by Crippen LogP contribution is 2.32. The van der Waals surface area contributed by atoms with Crippen LogP contribution >= 0.6 is 11.8 Å². The van der Waals surface area contributed by atoms with Crippen LogP contribution < -0.4 is 14.8 Å². The first-order valence-electron chi connectivity index (χ1n) is 9.06. The van der Waals surface area contributed by atoms with E-state index in [0.29, 0.717) is 36.2 Å². The lowest BCUT2D eigenvalue weighted by atomic mass is 10.1. The smallest absolute Gasteiger partial charge is 0.307 e. The van der Waals surface area contributed by atoms with E-state index in [9.17, 15) is 9.59 Å². The van der Waals surface area contributed by atoms with Crippen LogP contribution in [0.2, 0.25) is 0 Å². The molecule has 0 fully saturated rings. The minimum atomic E-state index is -0.396. The van der Waals surface area contributed by atoms with Crippen LogP contribution in [0.15, 0.2) is 41.3 Å². The summed E-state index contributed by atoms with van der Waals surface area (Å²) in [5.74, 6) is 1.05. The lowest BCUT2D eigenvalue weighted by Gasteiger charge is -2.19. The number of thioether (sulfide) groups is 1. The molecule has 0 bridgehead atoms. The number of esters is 1. The number of rotatable bonds is 7. The number of carbonyl (C=O) groups excluding carboxylic acids is 2. The van der Waals surface area contributed by atoms with E-state index >= 15 is 0 Å². The van der Waals surface area contributed by atoms with Crippen LogP contribution in [0.5, 0.6) is 11.5 Å². The second-order valence-corrected chi connectivity index (χ2v) is 7.58. The highest BCUT2D eigenvalue weighted by atomic mass is 32.2. The van der Waals surface area contributed by atoms with Crippen molar-refractivity contribution in [2.75, 3.05) is 30.9 Å². The Morgan fingerprint density at radius 3 is 2.61 bits per heavy atom. The summed E-state index contributed by atoms with van der Waals surface area (Å²) in [6.07, 6.45) is 0.245. The molecule has 2 aromatic rings. The summed E-state index contributed by atoms with van der Waals surface area (Å²) in [5, 5.41) is 2.68. The van der Waals surface area contributed by atoms with Gasteiger partial charge in [0.25, 0.3) is 5.91 Å². The molecule has 1 aliphatic heterocycles. The van der Waals surface area contributed by atoms with Crippen molar-refractivity contribution in [1.29, 1.82) is 0 Å². The minimum absolute atomic E-state index is 0.245. The Morgan fingerprint density at radius 2 is 1.82 bits per heavy atom. The average Bonchev–Trinajstić information content (AvgIpc) is 2.69. The summed E-state index contributed by atoms with van der Waals surface area (Å²) in [5.41, 5.74) is 3.03. The standard InChI is InChI=1S/C21H23NO5S/c1-14-3-5-17(11-15(14)2)28-10-7-21(24)27-13-20(23)22-16-4-6-18-19(12-16)26-9-8-25-18/h3-6,11-12H,7-10,13H2,1-2H3,(H,22,23). The zero-order valence-corrected chi connectivity index (χ0v) is 16.8. The lowest BCUT2D eigenvalue weighted by molar-refractivity contribution is -0.146. The van der Waals surface area contributed by atoms with Crippen molar-refractivity contribution in [2.24, 2.45) is 0 Å². The Bertz CT molecular complexity index is 868. The Labute approximate surface area is 168 Å². The van der Waals surface area contributed by atoms with Crippen LogP contribution in [-0.2, 0) is 14.3 Å². The fourth-order valence-corrected chi connectivity index (χ4v) is 3.52. The summed E-state index contributed by atoms with van der Waals surface area (Å²) in [4.78, 5) is 25.0. The van der Waals surface area contributed by atoms with Crippen LogP contribution in [-0.4, -0.2) is 37.4 Å². The van der Waals surface area contributed by atoms with Gasteiger partial charge in [0.1, 0.15) is 13.2 Å². The molecule has 0 saturated carbocycles. The molecule has 28 heavy (non-hydrogen) atoms. The summed E-state index contributed by atoms with van der Waals surface area (Å²) in [6, 6.07) is 11.4. The molecule has 0 atom stereocenters. The van der Waals surface area contributed by atoms with Gasteiger partial charge >= 0.3 is 5.97 Å². The van der Waals surface area contributed by atoms with E-state index in [1.807, 2.05) is 6.07 Å². The highest BCUT2D eigenvalue weighted by Gasteiger charge is 2.13. The molecule has 0 unspecified atom stereocenters. The lowest BCUT2D eigenvalue weighted by Crippen LogP contribution is -2.21. The highest BCUT2D eigenvalue weighted by molar-refractivity contribution is 7.99. The molecule has 1 N–H and O–H groups in total. The molecule has 3 rings (SSSR count). The second kappa shape index (κ2) is 9.50. The van der Waals surface area contributed by atoms with Crippen molar-refractivity contribution in [3.8, 4) is 11.5 Å². The van der Waals surface area contributed by atoms with Crippen LogP contribution in [0, 0.1) is 13.8 Å². The quantitative estimate of drug-likeness (QED) is 0.563. The average molecular weight is 401 g/mol. The van der Waals surface area contributed by atoms with Gasteiger partial charge in [0, 0.05) is 22.4 Å². The van der Waals surface area contributed by atoms with Gasteiger partial charge in [0.15, 0.2) is 18.1 Å². The van der Waals surface area contributed by atoms with E-state index in [0.717, 1.165) is 4.90 Å². The predicted molar refractivity (Wildman–Crippen MR) is 108 cm³/mol. The van der Waals surface area contributed by atoms with E-state index in [4.69, 9.17) is 14.2 Å². The number of nitrogens with one attached hydrogen (secondary N) is 1. The first kappa shape index (κ1) is 20.1. The molecule has 148 valence electrons. The van der Waals surface area contributed by atoms with Crippen LogP contribution in [0.1, 0.15) is 17.5 Å². The minimum Gasteiger partial charge on any atom is -0.486 e. The van der Waals surface area contributed by atoms with Crippen molar-refractivity contribution >= 4 is 29.3 Å². The molecule has 0 spiro atoms. The Morgan fingerprint density at radius 1 is 1.04 bits per heavy atom. The van der Waals surface area contributed by atoms with Gasteiger partial charge < -0.3 is 19.5 Å². The van der Waals surface area contributed by atoms with Crippen molar-refractivity contribution in [3.63, 3.8) is 0 Å². The molecule has 1 amide bonds. The van der Waals surface area contributed by atoms with E-state index in [2.05, 4.69) is 31.3 Å². The molecular weight excluding hydrogens is 378 g/mol. The van der Waals surface area contributed by atoms with Crippen molar-refractivity contribution in [1.82, 2.24) is 0 Å². The topological polar surface area (TPSA) is 73.9 Å². The zero-order chi connectivity index (χ0) is 19.9. The van der Waals surface area contributed by atoms with Gasteiger partial charge in [-0.05, 0) is 49.2 Å². The molecular formula is C21H23NO5S. The first-order chi connectivity index (χ1) is 13.5. The maximum Gasteiger partial charge on any atom is 0.307 e. The normalized spacial score (nSPS) is 12.4. The van der Waals surface area contributed by atoms with Gasteiger partial charge in [-0.25, -0.2) is 0 Å². The number of aryl methyl sites for hydroxylation is 2. The zero-order valence-electron chi connectivity index (χ0n) is 15.9. The third kappa shape index (κ3) is 5.66. The molecule has 1 aliphatic rings. The van der Waals surface area contributed by atoms with Gasteiger partial charge in [0.05, 0.1) is 6.42 Å². The van der Waals surface area contributed by atoms with Crippen LogP contribution in [0.4, 0.5) is 5.69 Å². The number of hydrogen-bond donors (Lipinski definition) is 1. The van der Waals surface area contributed by atoms with Crippen molar-refractivity contribution in [3.05, 3.63) is 47.5 Å². The molecule has 0 aliphatic carbocycles. The van der Waals surface area contributed by atoms with Gasteiger partial charge in [-0.3, -0.25) is 9.59 Å². The van der Waals surface area contributed by atoms with Gasteiger partial charge in [-0.15, -0.1) is 11.8 Å². The largest absolute Gasteiger partial charge is 0.486 e. The van der Waals surface area contributed by atoms with Gasteiger partial charge in [-0.1, -0.05) is 6.07 Å². The number of ether oxygens (including phenoxy) is 3.